The van der Waals surface area contributed by atoms with Crippen molar-refractivity contribution in [2.24, 2.45) is 0 Å². The number of aromatic nitrogens is 2. The second-order valence-corrected chi connectivity index (χ2v) is 6.43. The van der Waals surface area contributed by atoms with Gasteiger partial charge in [-0.1, -0.05) is 12.1 Å². The predicted octanol–water partition coefficient (Wildman–Crippen LogP) is 3.26. The lowest BCUT2D eigenvalue weighted by Crippen LogP contribution is -2.39. The molecule has 2 aromatic carbocycles. The maximum atomic E-state index is 13.1. The Hall–Kier alpha value is -2.77. The third kappa shape index (κ3) is 4.50. The number of hydrogen-bond acceptors (Lipinski definition) is 6. The van der Waals surface area contributed by atoms with E-state index in [1.165, 1.54) is 12.1 Å². The van der Waals surface area contributed by atoms with Crippen molar-refractivity contribution < 1.29 is 9.13 Å². The van der Waals surface area contributed by atoms with Crippen LogP contribution >= 0.6 is 0 Å². The van der Waals surface area contributed by atoms with E-state index in [-0.39, 0.29) is 5.82 Å². The third-order valence-electron chi connectivity index (χ3n) is 4.53. The fourth-order valence-corrected chi connectivity index (χ4v) is 3.09. The number of rotatable bonds is 6. The Bertz CT molecular complexity index is 897. The number of hydrogen-bond donors (Lipinski definition) is 2. The van der Waals surface area contributed by atoms with Crippen LogP contribution in [0.2, 0.25) is 0 Å². The zero-order valence-corrected chi connectivity index (χ0v) is 15.0. The van der Waals surface area contributed by atoms with Gasteiger partial charge in [0.1, 0.15) is 11.6 Å². The van der Waals surface area contributed by atoms with Crippen LogP contribution in [-0.4, -0.2) is 54.3 Å². The van der Waals surface area contributed by atoms with Crippen LogP contribution in [0.1, 0.15) is 0 Å². The minimum Gasteiger partial charge on any atom is -0.379 e. The number of halogens is 1. The smallest absolute Gasteiger partial charge is 0.229 e. The second kappa shape index (κ2) is 8.28. The molecule has 1 saturated heterocycles. The number of para-hydroxylation sites is 1. The summed E-state index contributed by atoms with van der Waals surface area (Å²) in [4.78, 5) is 11.6. The highest BCUT2D eigenvalue weighted by molar-refractivity contribution is 5.90. The standard InChI is InChI=1S/C20H22FN5O/c21-15-5-7-16(8-6-15)23-20-24-18-4-2-1-3-17(18)19(25-20)22-9-10-26-11-13-27-14-12-26/h1-8H,9-14H2,(H2,22,23,24,25). The van der Waals surface area contributed by atoms with Gasteiger partial charge in [-0.3, -0.25) is 4.90 Å². The van der Waals surface area contributed by atoms with Gasteiger partial charge in [-0.15, -0.1) is 0 Å². The molecule has 0 spiro atoms. The highest BCUT2D eigenvalue weighted by Crippen LogP contribution is 2.23. The van der Waals surface area contributed by atoms with E-state index in [9.17, 15) is 4.39 Å². The Morgan fingerprint density at radius 2 is 1.78 bits per heavy atom. The molecule has 0 unspecified atom stereocenters. The van der Waals surface area contributed by atoms with E-state index < -0.39 is 0 Å². The summed E-state index contributed by atoms with van der Waals surface area (Å²) in [5.41, 5.74) is 1.59. The lowest BCUT2D eigenvalue weighted by molar-refractivity contribution is 0.0398. The van der Waals surface area contributed by atoms with E-state index >= 15 is 0 Å². The average molecular weight is 367 g/mol. The normalized spacial score (nSPS) is 15.0. The molecule has 140 valence electrons. The van der Waals surface area contributed by atoms with Gasteiger partial charge in [-0.25, -0.2) is 9.37 Å². The lowest BCUT2D eigenvalue weighted by atomic mass is 10.2. The fraction of sp³-hybridized carbons (Fsp3) is 0.300. The zero-order chi connectivity index (χ0) is 18.5. The molecule has 6 nitrogen and oxygen atoms in total. The van der Waals surface area contributed by atoms with E-state index in [4.69, 9.17) is 4.74 Å². The highest BCUT2D eigenvalue weighted by atomic mass is 19.1. The fourth-order valence-electron chi connectivity index (χ4n) is 3.09. The van der Waals surface area contributed by atoms with Crippen LogP contribution in [0.15, 0.2) is 48.5 Å². The van der Waals surface area contributed by atoms with Gasteiger partial charge < -0.3 is 15.4 Å². The number of nitrogens with zero attached hydrogens (tertiary/aromatic N) is 3. The van der Waals surface area contributed by atoms with Gasteiger partial charge >= 0.3 is 0 Å². The molecule has 2 N–H and O–H groups in total. The quantitative estimate of drug-likeness (QED) is 0.697. The highest BCUT2D eigenvalue weighted by Gasteiger charge is 2.11. The van der Waals surface area contributed by atoms with E-state index in [0.717, 1.165) is 61.8 Å². The molecule has 0 amide bonds. The van der Waals surface area contributed by atoms with Crippen LogP contribution in [0.5, 0.6) is 0 Å². The van der Waals surface area contributed by atoms with Gasteiger partial charge in [0.2, 0.25) is 5.95 Å². The summed E-state index contributed by atoms with van der Waals surface area (Å²) in [5.74, 6) is 0.998. The monoisotopic (exact) mass is 367 g/mol. The van der Waals surface area contributed by atoms with Gasteiger partial charge in [0, 0.05) is 37.3 Å². The molecule has 0 aliphatic carbocycles. The number of fused-ring (bicyclic) bond motifs is 1. The van der Waals surface area contributed by atoms with Crippen LogP contribution in [0.3, 0.4) is 0 Å². The van der Waals surface area contributed by atoms with Gasteiger partial charge in [0.05, 0.1) is 18.7 Å². The minimum atomic E-state index is -0.273. The summed E-state index contributed by atoms with van der Waals surface area (Å²) in [6, 6.07) is 14.0. The summed E-state index contributed by atoms with van der Waals surface area (Å²) < 4.78 is 18.5. The molecule has 4 rings (SSSR count). The number of anilines is 3. The van der Waals surface area contributed by atoms with Crippen molar-refractivity contribution in [3.8, 4) is 0 Å². The minimum absolute atomic E-state index is 0.273. The van der Waals surface area contributed by atoms with Crippen LogP contribution in [0.25, 0.3) is 10.9 Å². The van der Waals surface area contributed by atoms with E-state index in [1.807, 2.05) is 24.3 Å². The van der Waals surface area contributed by atoms with Gasteiger partial charge in [0.25, 0.3) is 0 Å². The Morgan fingerprint density at radius 3 is 2.59 bits per heavy atom. The Balaban J connectivity index is 1.51. The van der Waals surface area contributed by atoms with Crippen LogP contribution in [-0.2, 0) is 4.74 Å². The molecule has 1 aromatic heterocycles. The van der Waals surface area contributed by atoms with Gasteiger partial charge in [0.15, 0.2) is 0 Å². The number of ether oxygens (including phenoxy) is 1. The summed E-state index contributed by atoms with van der Waals surface area (Å²) >= 11 is 0. The van der Waals surface area contributed by atoms with Crippen molar-refractivity contribution >= 4 is 28.4 Å². The molecule has 1 fully saturated rings. The summed E-state index contributed by atoms with van der Waals surface area (Å²) in [5, 5.41) is 7.56. The number of benzene rings is 2. The van der Waals surface area contributed by atoms with Crippen molar-refractivity contribution in [3.05, 3.63) is 54.3 Å². The van der Waals surface area contributed by atoms with Crippen LogP contribution < -0.4 is 10.6 Å². The Labute approximate surface area is 157 Å². The van der Waals surface area contributed by atoms with Crippen LogP contribution in [0, 0.1) is 5.82 Å². The Morgan fingerprint density at radius 1 is 1.00 bits per heavy atom. The topological polar surface area (TPSA) is 62.3 Å². The summed E-state index contributed by atoms with van der Waals surface area (Å²) in [6.07, 6.45) is 0. The molecule has 0 atom stereocenters. The van der Waals surface area contributed by atoms with Gasteiger partial charge in [-0.2, -0.15) is 4.98 Å². The summed E-state index contributed by atoms with van der Waals surface area (Å²) in [7, 11) is 0. The maximum Gasteiger partial charge on any atom is 0.229 e. The third-order valence-corrected chi connectivity index (χ3v) is 4.53. The summed E-state index contributed by atoms with van der Waals surface area (Å²) in [6.45, 7) is 5.23. The Kier molecular flexibility index (Phi) is 5.41. The first-order chi connectivity index (χ1) is 13.3. The molecule has 1 aliphatic rings. The van der Waals surface area contributed by atoms with E-state index in [1.54, 1.807) is 12.1 Å². The molecular formula is C20H22FN5O. The SMILES string of the molecule is Fc1ccc(Nc2nc(NCCN3CCOCC3)c3ccccc3n2)cc1. The van der Waals surface area contributed by atoms with Crippen LogP contribution in [0.4, 0.5) is 21.8 Å². The first kappa shape index (κ1) is 17.6. The average Bonchev–Trinajstić information content (AvgIpc) is 2.70. The lowest BCUT2D eigenvalue weighted by Gasteiger charge is -2.26. The molecule has 7 heteroatoms. The van der Waals surface area contributed by atoms with Crippen molar-refractivity contribution in [3.63, 3.8) is 0 Å². The molecule has 2 heterocycles. The van der Waals surface area contributed by atoms with Crippen molar-refractivity contribution in [2.45, 2.75) is 0 Å². The molecule has 0 radical (unpaired) electrons. The zero-order valence-electron chi connectivity index (χ0n) is 15.0. The largest absolute Gasteiger partial charge is 0.379 e. The maximum absolute atomic E-state index is 13.1. The molecule has 0 saturated carbocycles. The second-order valence-electron chi connectivity index (χ2n) is 6.43. The van der Waals surface area contributed by atoms with Crippen molar-refractivity contribution in [1.29, 1.82) is 0 Å². The molecule has 0 bridgehead atoms. The van der Waals surface area contributed by atoms with Crippen molar-refractivity contribution in [2.75, 3.05) is 50.0 Å². The van der Waals surface area contributed by atoms with E-state index in [0.29, 0.717) is 5.95 Å². The molecule has 3 aromatic rings. The molecular weight excluding hydrogens is 345 g/mol. The molecule has 1 aliphatic heterocycles. The van der Waals surface area contributed by atoms with E-state index in [2.05, 4.69) is 25.5 Å². The first-order valence-electron chi connectivity index (χ1n) is 9.11. The first-order valence-corrected chi connectivity index (χ1v) is 9.11. The van der Waals surface area contributed by atoms with Crippen molar-refractivity contribution in [1.82, 2.24) is 14.9 Å². The van der Waals surface area contributed by atoms with Gasteiger partial charge in [-0.05, 0) is 36.4 Å². The molecule has 27 heavy (non-hydrogen) atoms. The number of morpholine rings is 1. The number of nitrogens with one attached hydrogen (secondary N) is 2. The predicted molar refractivity (Wildman–Crippen MR) is 105 cm³/mol.